The van der Waals surface area contributed by atoms with Crippen molar-refractivity contribution in [2.24, 2.45) is 0 Å². The van der Waals surface area contributed by atoms with Crippen LogP contribution >= 0.6 is 11.6 Å². The molecule has 1 unspecified atom stereocenters. The van der Waals surface area contributed by atoms with Gasteiger partial charge in [-0.05, 0) is 38.1 Å². The summed E-state index contributed by atoms with van der Waals surface area (Å²) in [7, 11) is -3.61. The van der Waals surface area contributed by atoms with E-state index in [4.69, 9.17) is 16.3 Å². The summed E-state index contributed by atoms with van der Waals surface area (Å²) >= 11 is 5.78. The maximum atomic E-state index is 12.6. The Hall–Kier alpha value is -0.660. The van der Waals surface area contributed by atoms with Gasteiger partial charge in [-0.15, -0.1) is 0 Å². The number of nitrogens with zero attached hydrogens (tertiary/aromatic N) is 1. The lowest BCUT2D eigenvalue weighted by molar-refractivity contribution is -0.131. The number of hydrogen-bond acceptors (Lipinski definition) is 4. The molecule has 20 heavy (non-hydrogen) atoms. The first-order chi connectivity index (χ1) is 9.24. The summed E-state index contributed by atoms with van der Waals surface area (Å²) in [5.41, 5.74) is -0.634. The molecule has 2 rings (SSSR count). The normalized spacial score (nSPS) is 23.7. The van der Waals surface area contributed by atoms with Crippen molar-refractivity contribution in [3.63, 3.8) is 0 Å². The highest BCUT2D eigenvalue weighted by molar-refractivity contribution is 7.89. The van der Waals surface area contributed by atoms with Crippen LogP contribution in [0, 0.1) is 0 Å². The topological polar surface area (TPSA) is 66.8 Å². The average Bonchev–Trinajstić information content (AvgIpc) is 2.37. The zero-order chi connectivity index (χ0) is 15.0. The molecule has 0 bridgehead atoms. The van der Waals surface area contributed by atoms with Gasteiger partial charge in [0.05, 0.1) is 23.2 Å². The van der Waals surface area contributed by atoms with E-state index in [0.717, 1.165) is 0 Å². The summed E-state index contributed by atoms with van der Waals surface area (Å²) < 4.78 is 32.2. The van der Waals surface area contributed by atoms with E-state index in [2.05, 4.69) is 0 Å². The molecule has 0 aromatic heterocycles. The first kappa shape index (κ1) is 15.7. The predicted octanol–water partition coefficient (Wildman–Crippen LogP) is 1.50. The molecule has 1 aromatic rings. The number of hydrogen-bond donors (Lipinski definition) is 1. The zero-order valence-electron chi connectivity index (χ0n) is 11.4. The first-order valence-corrected chi connectivity index (χ1v) is 8.11. The minimum atomic E-state index is -3.61. The van der Waals surface area contributed by atoms with Gasteiger partial charge in [-0.2, -0.15) is 4.31 Å². The van der Waals surface area contributed by atoms with Crippen LogP contribution in [-0.2, 0) is 14.8 Å². The summed E-state index contributed by atoms with van der Waals surface area (Å²) in [6.07, 6.45) is -0.513. The lowest BCUT2D eigenvalue weighted by Gasteiger charge is -2.41. The molecule has 112 valence electrons. The average molecular weight is 320 g/mol. The van der Waals surface area contributed by atoms with E-state index in [1.807, 2.05) is 0 Å². The van der Waals surface area contributed by atoms with E-state index in [9.17, 15) is 13.5 Å². The van der Waals surface area contributed by atoms with Crippen LogP contribution in [0.4, 0.5) is 0 Å². The first-order valence-electron chi connectivity index (χ1n) is 6.29. The Morgan fingerprint density at radius 3 is 2.55 bits per heavy atom. The Morgan fingerprint density at radius 2 is 2.00 bits per heavy atom. The minimum absolute atomic E-state index is 0.144. The molecular weight excluding hydrogens is 302 g/mol. The second-order valence-corrected chi connectivity index (χ2v) is 7.81. The van der Waals surface area contributed by atoms with Gasteiger partial charge < -0.3 is 9.84 Å². The summed E-state index contributed by atoms with van der Waals surface area (Å²) in [6, 6.07) is 6.05. The Labute approximate surface area is 124 Å². The molecule has 1 N–H and O–H groups in total. The standard InChI is InChI=1S/C13H18ClNO4S/c1-13(2)9-15(7-11(8-16)19-13)20(17,18)12-5-3-10(14)4-6-12/h3-6,11,16H,7-9H2,1-2H3. The van der Waals surface area contributed by atoms with Crippen LogP contribution in [0.2, 0.25) is 5.02 Å². The Kier molecular flexibility index (Phi) is 4.41. The largest absolute Gasteiger partial charge is 0.394 e. The summed E-state index contributed by atoms with van der Waals surface area (Å²) in [5, 5.41) is 9.74. The molecule has 1 atom stereocenters. The van der Waals surface area contributed by atoms with Crippen LogP contribution in [0.5, 0.6) is 0 Å². The summed E-state index contributed by atoms with van der Waals surface area (Å²) in [4.78, 5) is 0.191. The van der Waals surface area contributed by atoms with E-state index >= 15 is 0 Å². The maximum absolute atomic E-state index is 12.6. The van der Waals surface area contributed by atoms with E-state index in [0.29, 0.717) is 5.02 Å². The van der Waals surface area contributed by atoms with Crippen molar-refractivity contribution in [3.05, 3.63) is 29.3 Å². The van der Waals surface area contributed by atoms with Gasteiger partial charge >= 0.3 is 0 Å². The molecule has 0 radical (unpaired) electrons. The second kappa shape index (κ2) is 5.61. The Morgan fingerprint density at radius 1 is 1.40 bits per heavy atom. The third kappa shape index (κ3) is 3.32. The lowest BCUT2D eigenvalue weighted by Crippen LogP contribution is -2.55. The van der Waals surface area contributed by atoms with Gasteiger partial charge in [0.25, 0.3) is 0 Å². The molecule has 5 nitrogen and oxygen atoms in total. The van der Waals surface area contributed by atoms with Crippen LogP contribution in [0.1, 0.15) is 13.8 Å². The monoisotopic (exact) mass is 319 g/mol. The fourth-order valence-electron chi connectivity index (χ4n) is 2.28. The van der Waals surface area contributed by atoms with Crippen molar-refractivity contribution in [2.45, 2.75) is 30.4 Å². The van der Waals surface area contributed by atoms with Crippen molar-refractivity contribution in [2.75, 3.05) is 19.7 Å². The quantitative estimate of drug-likeness (QED) is 0.917. The SMILES string of the molecule is CC1(C)CN(S(=O)(=O)c2ccc(Cl)cc2)CC(CO)O1. The smallest absolute Gasteiger partial charge is 0.243 e. The highest BCUT2D eigenvalue weighted by Gasteiger charge is 2.39. The van der Waals surface area contributed by atoms with Crippen molar-refractivity contribution < 1.29 is 18.3 Å². The molecule has 0 spiro atoms. The lowest BCUT2D eigenvalue weighted by atomic mass is 10.1. The molecule has 0 aliphatic carbocycles. The number of ether oxygens (including phenoxy) is 1. The molecule has 1 heterocycles. The van der Waals surface area contributed by atoms with Crippen LogP contribution in [0.25, 0.3) is 0 Å². The number of sulfonamides is 1. The number of aliphatic hydroxyl groups excluding tert-OH is 1. The molecule has 1 fully saturated rings. The van der Waals surface area contributed by atoms with Gasteiger partial charge in [0.15, 0.2) is 0 Å². The molecule has 1 aliphatic rings. The number of rotatable bonds is 3. The summed E-state index contributed by atoms with van der Waals surface area (Å²) in [5.74, 6) is 0. The molecular formula is C13H18ClNO4S. The number of halogens is 1. The third-order valence-electron chi connectivity index (χ3n) is 3.11. The molecule has 7 heteroatoms. The zero-order valence-corrected chi connectivity index (χ0v) is 13.0. The van der Waals surface area contributed by atoms with E-state index in [-0.39, 0.29) is 24.6 Å². The molecule has 1 aromatic carbocycles. The molecule has 1 saturated heterocycles. The van der Waals surface area contributed by atoms with Gasteiger partial charge in [-0.25, -0.2) is 8.42 Å². The highest BCUT2D eigenvalue weighted by atomic mass is 35.5. The molecule has 0 saturated carbocycles. The van der Waals surface area contributed by atoms with Crippen molar-refractivity contribution in [1.82, 2.24) is 4.31 Å². The van der Waals surface area contributed by atoms with Gasteiger partial charge in [0.2, 0.25) is 10.0 Å². The maximum Gasteiger partial charge on any atom is 0.243 e. The molecule has 1 aliphatic heterocycles. The number of aliphatic hydroxyl groups is 1. The van der Waals surface area contributed by atoms with Crippen LogP contribution < -0.4 is 0 Å². The van der Waals surface area contributed by atoms with Gasteiger partial charge in [0, 0.05) is 18.1 Å². The van der Waals surface area contributed by atoms with E-state index in [1.54, 1.807) is 26.0 Å². The van der Waals surface area contributed by atoms with Gasteiger partial charge in [-0.3, -0.25) is 0 Å². The van der Waals surface area contributed by atoms with Crippen LogP contribution in [-0.4, -0.2) is 49.2 Å². The predicted molar refractivity (Wildman–Crippen MR) is 76.2 cm³/mol. The Balaban J connectivity index is 2.31. The highest BCUT2D eigenvalue weighted by Crippen LogP contribution is 2.26. The fourth-order valence-corrected chi connectivity index (χ4v) is 4.02. The van der Waals surface area contributed by atoms with Crippen molar-refractivity contribution in [1.29, 1.82) is 0 Å². The van der Waals surface area contributed by atoms with Crippen molar-refractivity contribution in [3.8, 4) is 0 Å². The van der Waals surface area contributed by atoms with Gasteiger partial charge in [0.1, 0.15) is 0 Å². The minimum Gasteiger partial charge on any atom is -0.394 e. The third-order valence-corrected chi connectivity index (χ3v) is 5.18. The second-order valence-electron chi connectivity index (χ2n) is 5.43. The molecule has 0 amide bonds. The number of benzene rings is 1. The van der Waals surface area contributed by atoms with Gasteiger partial charge in [-0.1, -0.05) is 11.6 Å². The van der Waals surface area contributed by atoms with Crippen LogP contribution in [0.15, 0.2) is 29.2 Å². The summed E-state index contributed by atoms with van der Waals surface area (Å²) in [6.45, 7) is 3.79. The van der Waals surface area contributed by atoms with Crippen LogP contribution in [0.3, 0.4) is 0 Å². The van der Waals surface area contributed by atoms with E-state index < -0.39 is 21.7 Å². The fraction of sp³-hybridized carbons (Fsp3) is 0.538. The number of morpholine rings is 1. The van der Waals surface area contributed by atoms with Crippen molar-refractivity contribution >= 4 is 21.6 Å². The van der Waals surface area contributed by atoms with E-state index in [1.165, 1.54) is 16.4 Å². The Bertz CT molecular complexity index is 571.